The van der Waals surface area contributed by atoms with Crippen LogP contribution in [0.15, 0.2) is 34.6 Å². The van der Waals surface area contributed by atoms with Crippen molar-refractivity contribution in [3.8, 4) is 0 Å². The Kier molecular flexibility index (Phi) is 3.80. The Balaban J connectivity index is 1.24. The third-order valence-corrected chi connectivity index (χ3v) is 9.15. The number of imide groups is 1. The number of benzene rings is 1. The number of rotatable bonds is 4. The van der Waals surface area contributed by atoms with E-state index in [0.717, 1.165) is 28.2 Å². The standard InChI is InChI=1S/C25H27N3O2S/c29-22-20-3-1-2-4-21(20)23(30)27(22)13-19-14-31-24(28(19)18-5-6-18)26-25-10-15-7-16(11-25)9-17(8-15)12-25/h1-4,14-18H,5-13H2. The number of nitrogens with zero attached hydrogens (tertiary/aromatic N) is 3. The maximum absolute atomic E-state index is 12.9. The van der Waals surface area contributed by atoms with Crippen molar-refractivity contribution in [1.82, 2.24) is 9.47 Å². The van der Waals surface area contributed by atoms with Crippen LogP contribution in [-0.2, 0) is 6.54 Å². The molecule has 0 radical (unpaired) electrons. The second-order valence-corrected chi connectivity index (χ2v) is 11.4. The highest BCUT2D eigenvalue weighted by atomic mass is 32.1. The SMILES string of the molecule is O=C1c2ccccc2C(=O)N1Cc1csc(=NC23CC4CC(CC(C4)C2)C3)n1C1CC1. The van der Waals surface area contributed by atoms with E-state index >= 15 is 0 Å². The summed E-state index contributed by atoms with van der Waals surface area (Å²) in [6, 6.07) is 7.64. The summed E-state index contributed by atoms with van der Waals surface area (Å²) >= 11 is 1.71. The van der Waals surface area contributed by atoms with E-state index in [1.165, 1.54) is 56.3 Å². The van der Waals surface area contributed by atoms with E-state index in [0.29, 0.717) is 23.7 Å². The van der Waals surface area contributed by atoms with Crippen LogP contribution in [0, 0.1) is 17.8 Å². The summed E-state index contributed by atoms with van der Waals surface area (Å²) in [5, 5.41) is 2.14. The number of hydrogen-bond acceptors (Lipinski definition) is 4. The average Bonchev–Trinajstić information content (AvgIpc) is 3.46. The minimum Gasteiger partial charge on any atom is -0.316 e. The van der Waals surface area contributed by atoms with Gasteiger partial charge >= 0.3 is 0 Å². The second-order valence-electron chi connectivity index (χ2n) is 10.6. The highest BCUT2D eigenvalue weighted by molar-refractivity contribution is 7.07. The molecule has 1 aromatic carbocycles. The molecule has 6 heteroatoms. The van der Waals surface area contributed by atoms with Gasteiger partial charge in [-0.3, -0.25) is 19.5 Å². The van der Waals surface area contributed by atoms with Gasteiger partial charge in [0.2, 0.25) is 0 Å². The van der Waals surface area contributed by atoms with Crippen molar-refractivity contribution in [2.75, 3.05) is 0 Å². The summed E-state index contributed by atoms with van der Waals surface area (Å²) in [4.78, 5) is 33.8. The van der Waals surface area contributed by atoms with E-state index in [2.05, 4.69) is 9.95 Å². The molecule has 1 aromatic heterocycles. The van der Waals surface area contributed by atoms with E-state index < -0.39 is 0 Å². The number of amides is 2. The van der Waals surface area contributed by atoms with Crippen molar-refractivity contribution < 1.29 is 9.59 Å². The van der Waals surface area contributed by atoms with Crippen molar-refractivity contribution in [3.05, 3.63) is 51.3 Å². The molecule has 5 saturated carbocycles. The molecule has 1 aliphatic heterocycles. The predicted molar refractivity (Wildman–Crippen MR) is 118 cm³/mol. The topological polar surface area (TPSA) is 54.7 Å². The first kappa shape index (κ1) is 18.4. The lowest BCUT2D eigenvalue weighted by molar-refractivity contribution is -0.000429. The van der Waals surface area contributed by atoms with Gasteiger partial charge < -0.3 is 4.57 Å². The lowest BCUT2D eigenvalue weighted by Crippen LogP contribution is -2.50. The van der Waals surface area contributed by atoms with Crippen LogP contribution in [0.2, 0.25) is 0 Å². The fourth-order valence-corrected chi connectivity index (χ4v) is 8.28. The number of aromatic nitrogens is 1. The Hall–Kier alpha value is -2.21. The summed E-state index contributed by atoms with van der Waals surface area (Å²) in [6.45, 7) is 0.343. The first-order chi connectivity index (χ1) is 15.1. The molecule has 0 saturated heterocycles. The maximum Gasteiger partial charge on any atom is 0.261 e. The zero-order valence-corrected chi connectivity index (χ0v) is 18.4. The minimum atomic E-state index is -0.172. The zero-order chi connectivity index (χ0) is 20.7. The zero-order valence-electron chi connectivity index (χ0n) is 17.6. The van der Waals surface area contributed by atoms with Gasteiger partial charge in [-0.2, -0.15) is 0 Å². The number of carbonyl (C=O) groups excluding carboxylic acids is 2. The van der Waals surface area contributed by atoms with Gasteiger partial charge in [-0.25, -0.2) is 0 Å². The molecule has 2 heterocycles. The summed E-state index contributed by atoms with van der Waals surface area (Å²) < 4.78 is 2.37. The predicted octanol–water partition coefficient (Wildman–Crippen LogP) is 4.55. The van der Waals surface area contributed by atoms with Crippen molar-refractivity contribution in [1.29, 1.82) is 0 Å². The highest BCUT2D eigenvalue weighted by Crippen LogP contribution is 2.57. The molecule has 5 aliphatic carbocycles. The van der Waals surface area contributed by atoms with E-state index in [1.807, 2.05) is 12.1 Å². The molecule has 5 nitrogen and oxygen atoms in total. The van der Waals surface area contributed by atoms with Crippen LogP contribution in [0.1, 0.15) is 83.8 Å². The number of carbonyl (C=O) groups is 2. The molecule has 4 bridgehead atoms. The monoisotopic (exact) mass is 433 g/mol. The summed E-state index contributed by atoms with van der Waals surface area (Å²) in [7, 11) is 0. The van der Waals surface area contributed by atoms with Gasteiger partial charge in [0.05, 0.1) is 28.9 Å². The summed E-state index contributed by atoms with van der Waals surface area (Å²) in [5.74, 6) is 2.29. The number of fused-ring (bicyclic) bond motifs is 1. The molecule has 2 aromatic rings. The molecule has 8 rings (SSSR count). The Morgan fingerprint density at radius 3 is 2.06 bits per heavy atom. The molecule has 0 N–H and O–H groups in total. The van der Waals surface area contributed by atoms with E-state index in [4.69, 9.17) is 4.99 Å². The normalized spacial score (nSPS) is 34.1. The average molecular weight is 434 g/mol. The third kappa shape index (κ3) is 2.83. The maximum atomic E-state index is 12.9. The van der Waals surface area contributed by atoms with Gasteiger partial charge in [0.1, 0.15) is 0 Å². The fraction of sp³-hybridized carbons (Fsp3) is 0.560. The van der Waals surface area contributed by atoms with Crippen LogP contribution in [-0.4, -0.2) is 26.8 Å². The molecule has 0 atom stereocenters. The molecular weight excluding hydrogens is 406 g/mol. The quantitative estimate of drug-likeness (QED) is 0.664. The third-order valence-electron chi connectivity index (χ3n) is 8.26. The van der Waals surface area contributed by atoms with Gasteiger partial charge in [0.25, 0.3) is 11.8 Å². The number of hydrogen-bond donors (Lipinski definition) is 0. The first-order valence-electron chi connectivity index (χ1n) is 11.8. The molecule has 6 aliphatic rings. The molecule has 0 unspecified atom stereocenters. The molecule has 2 amide bonds. The van der Waals surface area contributed by atoms with Crippen LogP contribution in [0.5, 0.6) is 0 Å². The Morgan fingerprint density at radius 1 is 0.935 bits per heavy atom. The molecular formula is C25H27N3O2S. The molecule has 160 valence electrons. The van der Waals surface area contributed by atoms with Crippen molar-refractivity contribution in [2.45, 2.75) is 69.5 Å². The molecule has 0 spiro atoms. The molecule has 31 heavy (non-hydrogen) atoms. The van der Waals surface area contributed by atoms with Crippen LogP contribution in [0.4, 0.5) is 0 Å². The van der Waals surface area contributed by atoms with Crippen LogP contribution < -0.4 is 4.80 Å². The van der Waals surface area contributed by atoms with E-state index in [-0.39, 0.29) is 17.4 Å². The van der Waals surface area contributed by atoms with Gasteiger partial charge in [0.15, 0.2) is 4.80 Å². The highest BCUT2D eigenvalue weighted by Gasteiger charge is 2.51. The van der Waals surface area contributed by atoms with Crippen molar-refractivity contribution in [3.63, 3.8) is 0 Å². The lowest BCUT2D eigenvalue weighted by atomic mass is 9.53. The number of thiazole rings is 1. The molecule has 5 fully saturated rings. The second kappa shape index (κ2) is 6.41. The Labute approximate surface area is 185 Å². The van der Waals surface area contributed by atoms with E-state index in [9.17, 15) is 9.59 Å². The minimum absolute atomic E-state index is 0.142. The fourth-order valence-electron chi connectivity index (χ4n) is 7.22. The van der Waals surface area contributed by atoms with E-state index in [1.54, 1.807) is 23.5 Å². The largest absolute Gasteiger partial charge is 0.316 e. The smallest absolute Gasteiger partial charge is 0.261 e. The Bertz CT molecular complexity index is 1100. The van der Waals surface area contributed by atoms with Gasteiger partial charge in [0, 0.05) is 11.4 Å². The first-order valence-corrected chi connectivity index (χ1v) is 12.7. The van der Waals surface area contributed by atoms with Gasteiger partial charge in [-0.1, -0.05) is 12.1 Å². The van der Waals surface area contributed by atoms with Crippen LogP contribution >= 0.6 is 11.3 Å². The van der Waals surface area contributed by atoms with Gasteiger partial charge in [-0.15, -0.1) is 11.3 Å². The Morgan fingerprint density at radius 2 is 1.52 bits per heavy atom. The van der Waals surface area contributed by atoms with Gasteiger partial charge in [-0.05, 0) is 81.3 Å². The lowest BCUT2D eigenvalue weighted by Gasteiger charge is -2.54. The van der Waals surface area contributed by atoms with Crippen molar-refractivity contribution in [2.24, 2.45) is 22.7 Å². The summed E-state index contributed by atoms with van der Waals surface area (Å²) in [6.07, 6.45) is 10.4. The van der Waals surface area contributed by atoms with Crippen LogP contribution in [0.25, 0.3) is 0 Å². The summed E-state index contributed by atoms with van der Waals surface area (Å²) in [5.41, 5.74) is 2.26. The van der Waals surface area contributed by atoms with Crippen LogP contribution in [0.3, 0.4) is 0 Å². The van der Waals surface area contributed by atoms with Crippen molar-refractivity contribution >= 4 is 23.2 Å².